The molecule has 0 aliphatic rings. The predicted molar refractivity (Wildman–Crippen MR) is 39.6 cm³/mol. The van der Waals surface area contributed by atoms with Gasteiger partial charge in [0.25, 0.3) is 0 Å². The molecule has 9 heavy (non-hydrogen) atoms. The lowest BCUT2D eigenvalue weighted by atomic mass is 10.8. The Morgan fingerprint density at radius 3 is 2.89 bits per heavy atom. The van der Waals surface area contributed by atoms with Gasteiger partial charge in [-0.1, -0.05) is 0 Å². The van der Waals surface area contributed by atoms with Crippen LogP contribution in [0, 0.1) is 10.7 Å². The molecule has 0 aliphatic carbocycles. The lowest BCUT2D eigenvalue weighted by Gasteiger charge is -1.95. The number of thioether (sulfide) groups is 1. The van der Waals surface area contributed by atoms with Gasteiger partial charge in [0.2, 0.25) is 0 Å². The molecular weight excluding hydrogens is 158 g/mol. The molecule has 0 aromatic rings. The molecule has 0 aliphatic heterocycles. The van der Waals surface area contributed by atoms with Crippen LogP contribution in [0.3, 0.4) is 0 Å². The van der Waals surface area contributed by atoms with Crippen molar-refractivity contribution in [1.29, 1.82) is 5.26 Å². The minimum Gasteiger partial charge on any atom is -0.379 e. The summed E-state index contributed by atoms with van der Waals surface area (Å²) in [5.41, 5.74) is 0. The summed E-state index contributed by atoms with van der Waals surface area (Å²) in [6.07, 6.45) is 0. The van der Waals surface area contributed by atoms with Crippen LogP contribution in [0.2, 0.25) is 0 Å². The van der Waals surface area contributed by atoms with Crippen molar-refractivity contribution >= 4 is 23.4 Å². The van der Waals surface area contributed by atoms with Crippen LogP contribution in [0.1, 0.15) is 0 Å². The molecule has 0 atom stereocenters. The molecule has 0 heterocycles. The molecule has 0 saturated carbocycles. The number of rotatable bonds is 5. The molecule has 0 saturated heterocycles. The fourth-order valence-corrected chi connectivity index (χ4v) is 0.704. The molecule has 2 nitrogen and oxygen atoms in total. The van der Waals surface area contributed by atoms with Gasteiger partial charge < -0.3 is 4.74 Å². The molecule has 0 radical (unpaired) electrons. The van der Waals surface area contributed by atoms with E-state index in [0.29, 0.717) is 19.1 Å². The second kappa shape index (κ2) is 8.09. The van der Waals surface area contributed by atoms with Crippen LogP contribution < -0.4 is 0 Å². The first-order valence-corrected chi connectivity index (χ1v) is 4.08. The van der Waals surface area contributed by atoms with Crippen molar-refractivity contribution in [2.45, 2.75) is 0 Å². The quantitative estimate of drug-likeness (QED) is 0.351. The van der Waals surface area contributed by atoms with Crippen molar-refractivity contribution in [1.82, 2.24) is 0 Å². The minimum absolute atomic E-state index is 0.525. The SMILES string of the molecule is N#CSCCOCCCl. The van der Waals surface area contributed by atoms with Crippen LogP contribution in [0.25, 0.3) is 0 Å². The van der Waals surface area contributed by atoms with Gasteiger partial charge in [0.05, 0.1) is 13.2 Å². The number of nitrogens with zero attached hydrogens (tertiary/aromatic N) is 1. The van der Waals surface area contributed by atoms with E-state index in [1.807, 2.05) is 5.40 Å². The first kappa shape index (κ1) is 9.09. The van der Waals surface area contributed by atoms with Crippen molar-refractivity contribution in [3.05, 3.63) is 0 Å². The summed E-state index contributed by atoms with van der Waals surface area (Å²) in [4.78, 5) is 0. The van der Waals surface area contributed by atoms with Gasteiger partial charge in [-0.05, 0) is 11.8 Å². The number of nitriles is 1. The average Bonchev–Trinajstić information content (AvgIpc) is 1.89. The highest BCUT2D eigenvalue weighted by atomic mass is 35.5. The summed E-state index contributed by atoms with van der Waals surface area (Å²) in [5.74, 6) is 1.25. The van der Waals surface area contributed by atoms with E-state index in [4.69, 9.17) is 21.6 Å². The zero-order valence-corrected chi connectivity index (χ0v) is 6.54. The van der Waals surface area contributed by atoms with E-state index in [1.54, 1.807) is 0 Å². The molecule has 0 spiro atoms. The third-order valence-electron chi connectivity index (χ3n) is 0.616. The topological polar surface area (TPSA) is 33.0 Å². The Labute approximate surface area is 64.1 Å². The fraction of sp³-hybridized carbons (Fsp3) is 0.800. The first-order chi connectivity index (χ1) is 4.41. The van der Waals surface area contributed by atoms with Gasteiger partial charge in [-0.15, -0.1) is 11.6 Å². The van der Waals surface area contributed by atoms with E-state index in [2.05, 4.69) is 0 Å². The van der Waals surface area contributed by atoms with Crippen LogP contribution >= 0.6 is 23.4 Å². The van der Waals surface area contributed by atoms with Gasteiger partial charge in [0, 0.05) is 11.6 Å². The van der Waals surface area contributed by atoms with Gasteiger partial charge in [-0.2, -0.15) is 5.26 Å². The van der Waals surface area contributed by atoms with Crippen molar-refractivity contribution in [2.75, 3.05) is 24.8 Å². The Morgan fingerprint density at radius 2 is 2.33 bits per heavy atom. The lowest BCUT2D eigenvalue weighted by Crippen LogP contribution is -1.99. The molecule has 0 fully saturated rings. The molecule has 0 N–H and O–H groups in total. The van der Waals surface area contributed by atoms with Gasteiger partial charge in [-0.25, -0.2) is 0 Å². The van der Waals surface area contributed by atoms with Gasteiger partial charge in [0.15, 0.2) is 0 Å². The van der Waals surface area contributed by atoms with Crippen LogP contribution in [0.15, 0.2) is 0 Å². The zero-order chi connectivity index (χ0) is 6.95. The highest BCUT2D eigenvalue weighted by Gasteiger charge is 1.85. The van der Waals surface area contributed by atoms with Gasteiger partial charge >= 0.3 is 0 Å². The molecule has 0 unspecified atom stereocenters. The molecule has 0 aromatic carbocycles. The minimum atomic E-state index is 0.525. The van der Waals surface area contributed by atoms with E-state index in [0.717, 1.165) is 5.75 Å². The molecule has 4 heteroatoms. The molecule has 52 valence electrons. The summed E-state index contributed by atoms with van der Waals surface area (Å²) in [6.45, 7) is 1.19. The number of hydrogen-bond acceptors (Lipinski definition) is 3. The monoisotopic (exact) mass is 165 g/mol. The second-order valence-corrected chi connectivity index (χ2v) is 2.50. The maximum absolute atomic E-state index is 8.05. The summed E-state index contributed by atoms with van der Waals surface area (Å²) in [5, 5.41) is 10.0. The number of ether oxygens (including phenoxy) is 1. The van der Waals surface area contributed by atoms with Crippen LogP contribution in [-0.4, -0.2) is 24.8 Å². The fourth-order valence-electron chi connectivity index (χ4n) is 0.303. The predicted octanol–water partition coefficient (Wildman–Crippen LogP) is 1.46. The Balaban J connectivity index is 2.69. The maximum Gasteiger partial charge on any atom is 0.133 e. The zero-order valence-electron chi connectivity index (χ0n) is 4.97. The molecule has 0 bridgehead atoms. The van der Waals surface area contributed by atoms with Crippen molar-refractivity contribution in [2.24, 2.45) is 0 Å². The van der Waals surface area contributed by atoms with Gasteiger partial charge in [0.1, 0.15) is 5.40 Å². The van der Waals surface area contributed by atoms with E-state index in [9.17, 15) is 0 Å². The Kier molecular flexibility index (Phi) is 8.17. The lowest BCUT2D eigenvalue weighted by molar-refractivity contribution is 0.166. The standard InChI is InChI=1S/C5H8ClNOS/c6-1-2-8-3-4-9-5-7/h1-4H2. The van der Waals surface area contributed by atoms with E-state index in [1.165, 1.54) is 11.8 Å². The largest absolute Gasteiger partial charge is 0.379 e. The van der Waals surface area contributed by atoms with Crippen LogP contribution in [0.5, 0.6) is 0 Å². The van der Waals surface area contributed by atoms with E-state index < -0.39 is 0 Å². The number of alkyl halides is 1. The van der Waals surface area contributed by atoms with Crippen molar-refractivity contribution < 1.29 is 4.74 Å². The van der Waals surface area contributed by atoms with E-state index in [-0.39, 0.29) is 0 Å². The second-order valence-electron chi connectivity index (χ2n) is 1.24. The molecular formula is C5H8ClNOS. The molecule has 0 aromatic heterocycles. The maximum atomic E-state index is 8.05. The first-order valence-electron chi connectivity index (χ1n) is 2.56. The third-order valence-corrected chi connectivity index (χ3v) is 1.27. The number of thiocyanates is 1. The molecule has 0 rings (SSSR count). The van der Waals surface area contributed by atoms with Crippen LogP contribution in [0.4, 0.5) is 0 Å². The average molecular weight is 166 g/mol. The van der Waals surface area contributed by atoms with Crippen molar-refractivity contribution in [3.8, 4) is 5.40 Å². The summed E-state index contributed by atoms with van der Waals surface area (Å²) in [6, 6.07) is 0. The Bertz CT molecular complexity index is 93.4. The highest BCUT2D eigenvalue weighted by Crippen LogP contribution is 1.94. The molecule has 0 amide bonds. The smallest absolute Gasteiger partial charge is 0.133 e. The Hall–Kier alpha value is 0.0900. The summed E-state index contributed by atoms with van der Waals surface area (Å²) in [7, 11) is 0. The van der Waals surface area contributed by atoms with E-state index >= 15 is 0 Å². The number of hydrogen-bond donors (Lipinski definition) is 0. The third kappa shape index (κ3) is 8.09. The van der Waals surface area contributed by atoms with Gasteiger partial charge in [-0.3, -0.25) is 0 Å². The van der Waals surface area contributed by atoms with Crippen molar-refractivity contribution in [3.63, 3.8) is 0 Å². The summed E-state index contributed by atoms with van der Waals surface area (Å²) >= 11 is 6.51. The van der Waals surface area contributed by atoms with Crippen LogP contribution in [-0.2, 0) is 4.74 Å². The Morgan fingerprint density at radius 1 is 1.56 bits per heavy atom. The normalized spacial score (nSPS) is 8.89. The highest BCUT2D eigenvalue weighted by molar-refractivity contribution is 8.03. The summed E-state index contributed by atoms with van der Waals surface area (Å²) < 4.78 is 4.98. The number of halogens is 1.